The van der Waals surface area contributed by atoms with Gasteiger partial charge in [-0.05, 0) is 54.2 Å². The Balaban J connectivity index is 1.68. The lowest BCUT2D eigenvalue weighted by molar-refractivity contribution is 0.167. The Morgan fingerprint density at radius 3 is 3.00 bits per heavy atom. The van der Waals surface area contributed by atoms with Crippen LogP contribution in [-0.4, -0.2) is 11.7 Å². The topological polar surface area (TPSA) is 29.5 Å². The van der Waals surface area contributed by atoms with Gasteiger partial charge in [0.15, 0.2) is 0 Å². The van der Waals surface area contributed by atoms with E-state index in [1.165, 1.54) is 11.1 Å². The molecule has 2 nitrogen and oxygen atoms in total. The van der Waals surface area contributed by atoms with Crippen LogP contribution in [0.4, 0.5) is 0 Å². The molecule has 3 rings (SSSR count). The second-order valence-electron chi connectivity index (χ2n) is 5.55. The van der Waals surface area contributed by atoms with E-state index in [-0.39, 0.29) is 0 Å². The summed E-state index contributed by atoms with van der Waals surface area (Å²) in [6, 6.07) is 12.0. The number of rotatable bonds is 4. The van der Waals surface area contributed by atoms with E-state index in [0.717, 1.165) is 36.3 Å². The molecular formula is C18H19ClO2. The van der Waals surface area contributed by atoms with Crippen molar-refractivity contribution in [2.75, 3.05) is 6.61 Å². The number of fused-ring (bicyclic) bond motifs is 1. The molecule has 0 bridgehead atoms. The summed E-state index contributed by atoms with van der Waals surface area (Å²) < 4.78 is 5.51. The molecule has 1 aliphatic heterocycles. The fraction of sp³-hybridized carbons (Fsp3) is 0.333. The summed E-state index contributed by atoms with van der Waals surface area (Å²) in [4.78, 5) is 0. The highest BCUT2D eigenvalue weighted by Gasteiger charge is 2.14. The predicted octanol–water partition coefficient (Wildman–Crippen LogP) is 4.25. The molecule has 0 spiro atoms. The third-order valence-corrected chi connectivity index (χ3v) is 4.54. The number of ether oxygens (including phenoxy) is 1. The molecule has 0 amide bonds. The summed E-state index contributed by atoms with van der Waals surface area (Å²) in [5.41, 5.74) is 4.42. The first-order chi connectivity index (χ1) is 10.1. The van der Waals surface area contributed by atoms with Crippen LogP contribution in [0.25, 0.3) is 0 Å². The lowest BCUT2D eigenvalue weighted by Crippen LogP contribution is -2.02. The minimum Gasteiger partial charge on any atom is -0.493 e. The van der Waals surface area contributed by atoms with Crippen molar-refractivity contribution >= 4 is 11.6 Å². The van der Waals surface area contributed by atoms with Gasteiger partial charge >= 0.3 is 0 Å². The van der Waals surface area contributed by atoms with Gasteiger partial charge in [-0.1, -0.05) is 35.9 Å². The van der Waals surface area contributed by atoms with Crippen molar-refractivity contribution in [1.82, 2.24) is 0 Å². The van der Waals surface area contributed by atoms with Crippen molar-refractivity contribution in [2.45, 2.75) is 32.3 Å². The summed E-state index contributed by atoms with van der Waals surface area (Å²) in [5.74, 6) is 1.00. The highest BCUT2D eigenvalue weighted by molar-refractivity contribution is 6.31. The SMILES string of the molecule is Cc1c(Cl)cccc1C(O)CCc1ccc2c(c1)CCO2. The maximum atomic E-state index is 10.4. The summed E-state index contributed by atoms with van der Waals surface area (Å²) in [5, 5.41) is 11.1. The minimum absolute atomic E-state index is 0.479. The molecule has 0 aromatic heterocycles. The zero-order valence-corrected chi connectivity index (χ0v) is 12.9. The fourth-order valence-electron chi connectivity index (χ4n) is 2.84. The summed E-state index contributed by atoms with van der Waals surface area (Å²) in [7, 11) is 0. The van der Waals surface area contributed by atoms with Gasteiger partial charge < -0.3 is 9.84 Å². The molecule has 110 valence electrons. The molecule has 0 radical (unpaired) electrons. The van der Waals surface area contributed by atoms with Gasteiger partial charge in [0.25, 0.3) is 0 Å². The number of aryl methyl sites for hydroxylation is 1. The average Bonchev–Trinajstić information content (AvgIpc) is 2.95. The van der Waals surface area contributed by atoms with Gasteiger partial charge in [-0.25, -0.2) is 0 Å². The molecule has 2 aromatic rings. The first-order valence-electron chi connectivity index (χ1n) is 7.33. The molecule has 0 fully saturated rings. The second kappa shape index (κ2) is 6.08. The molecule has 0 saturated heterocycles. The normalized spacial score (nSPS) is 14.6. The minimum atomic E-state index is -0.479. The van der Waals surface area contributed by atoms with Gasteiger partial charge in [0.1, 0.15) is 5.75 Å². The summed E-state index contributed by atoms with van der Waals surface area (Å²) in [6.45, 7) is 2.73. The van der Waals surface area contributed by atoms with Crippen LogP contribution >= 0.6 is 11.6 Å². The van der Waals surface area contributed by atoms with Crippen LogP contribution in [0.1, 0.15) is 34.8 Å². The van der Waals surface area contributed by atoms with Crippen LogP contribution in [-0.2, 0) is 12.8 Å². The summed E-state index contributed by atoms with van der Waals surface area (Å²) >= 11 is 6.11. The molecule has 2 aromatic carbocycles. The Hall–Kier alpha value is -1.51. The largest absolute Gasteiger partial charge is 0.493 e. The molecule has 1 unspecified atom stereocenters. The fourth-order valence-corrected chi connectivity index (χ4v) is 3.02. The maximum Gasteiger partial charge on any atom is 0.122 e. The molecule has 0 aliphatic carbocycles. The third kappa shape index (κ3) is 3.07. The standard InChI is InChI=1S/C18H19ClO2/c1-12-15(3-2-4-16(12)19)17(20)7-5-13-6-8-18-14(11-13)9-10-21-18/h2-4,6,8,11,17,20H,5,7,9-10H2,1H3. The number of halogens is 1. The smallest absolute Gasteiger partial charge is 0.122 e. The molecule has 1 N–H and O–H groups in total. The Morgan fingerprint density at radius 1 is 1.29 bits per heavy atom. The van der Waals surface area contributed by atoms with Gasteiger partial charge in [-0.2, -0.15) is 0 Å². The van der Waals surface area contributed by atoms with E-state index < -0.39 is 6.10 Å². The number of hydrogen-bond acceptors (Lipinski definition) is 2. The molecular weight excluding hydrogens is 284 g/mol. The van der Waals surface area contributed by atoms with Crippen molar-refractivity contribution < 1.29 is 9.84 Å². The molecule has 1 heterocycles. The first kappa shape index (κ1) is 14.4. The summed E-state index contributed by atoms with van der Waals surface area (Å²) in [6.07, 6.45) is 2.05. The zero-order valence-electron chi connectivity index (χ0n) is 12.1. The number of benzene rings is 2. The van der Waals surface area contributed by atoms with Gasteiger partial charge in [-0.3, -0.25) is 0 Å². The third-order valence-electron chi connectivity index (χ3n) is 4.13. The highest BCUT2D eigenvalue weighted by atomic mass is 35.5. The Labute approximate surface area is 130 Å². The van der Waals surface area contributed by atoms with E-state index in [2.05, 4.69) is 12.1 Å². The van der Waals surface area contributed by atoms with E-state index in [0.29, 0.717) is 11.4 Å². The highest BCUT2D eigenvalue weighted by Crippen LogP contribution is 2.29. The van der Waals surface area contributed by atoms with Crippen molar-refractivity contribution in [1.29, 1.82) is 0 Å². The van der Waals surface area contributed by atoms with Gasteiger partial charge in [0, 0.05) is 11.4 Å². The van der Waals surface area contributed by atoms with E-state index in [1.807, 2.05) is 31.2 Å². The first-order valence-corrected chi connectivity index (χ1v) is 7.70. The van der Waals surface area contributed by atoms with E-state index in [9.17, 15) is 5.11 Å². The quantitative estimate of drug-likeness (QED) is 0.915. The average molecular weight is 303 g/mol. The van der Waals surface area contributed by atoms with Gasteiger partial charge in [0.05, 0.1) is 12.7 Å². The van der Waals surface area contributed by atoms with Crippen LogP contribution in [0, 0.1) is 6.92 Å². The second-order valence-corrected chi connectivity index (χ2v) is 5.96. The molecule has 3 heteroatoms. The van der Waals surface area contributed by atoms with Crippen molar-refractivity contribution in [3.8, 4) is 5.75 Å². The number of hydrogen-bond donors (Lipinski definition) is 1. The Morgan fingerprint density at radius 2 is 2.14 bits per heavy atom. The Kier molecular flexibility index (Phi) is 4.18. The van der Waals surface area contributed by atoms with Crippen LogP contribution in [0.3, 0.4) is 0 Å². The van der Waals surface area contributed by atoms with Gasteiger partial charge in [-0.15, -0.1) is 0 Å². The van der Waals surface area contributed by atoms with Crippen LogP contribution in [0.5, 0.6) is 5.75 Å². The molecule has 1 atom stereocenters. The predicted molar refractivity (Wildman–Crippen MR) is 85.1 cm³/mol. The monoisotopic (exact) mass is 302 g/mol. The van der Waals surface area contributed by atoms with Crippen molar-refractivity contribution in [3.63, 3.8) is 0 Å². The van der Waals surface area contributed by atoms with E-state index in [1.54, 1.807) is 0 Å². The van der Waals surface area contributed by atoms with E-state index >= 15 is 0 Å². The lowest BCUT2D eigenvalue weighted by Gasteiger charge is -2.15. The van der Waals surface area contributed by atoms with Crippen molar-refractivity contribution in [2.24, 2.45) is 0 Å². The van der Waals surface area contributed by atoms with Crippen molar-refractivity contribution in [3.05, 3.63) is 63.7 Å². The van der Waals surface area contributed by atoms with Crippen LogP contribution in [0.2, 0.25) is 5.02 Å². The molecule has 0 saturated carbocycles. The van der Waals surface area contributed by atoms with E-state index in [4.69, 9.17) is 16.3 Å². The van der Waals surface area contributed by atoms with Crippen LogP contribution < -0.4 is 4.74 Å². The van der Waals surface area contributed by atoms with Crippen LogP contribution in [0.15, 0.2) is 36.4 Å². The molecule has 21 heavy (non-hydrogen) atoms. The molecule has 1 aliphatic rings. The van der Waals surface area contributed by atoms with Gasteiger partial charge in [0.2, 0.25) is 0 Å². The number of aliphatic hydroxyl groups is 1. The number of aliphatic hydroxyl groups excluding tert-OH is 1. The maximum absolute atomic E-state index is 10.4. The zero-order chi connectivity index (χ0) is 14.8. The Bertz CT molecular complexity index is 652. The lowest BCUT2D eigenvalue weighted by atomic mass is 9.97.